The minimum Gasteiger partial charge on any atom is -0.369 e. The second-order valence-electron chi connectivity index (χ2n) is 6.74. The molecule has 2 aromatic heterocycles. The van der Waals surface area contributed by atoms with E-state index in [1.54, 1.807) is 30.6 Å². The van der Waals surface area contributed by atoms with Crippen molar-refractivity contribution < 1.29 is 9.13 Å². The van der Waals surface area contributed by atoms with Crippen molar-refractivity contribution in [2.75, 3.05) is 19.7 Å². The summed E-state index contributed by atoms with van der Waals surface area (Å²) >= 11 is 0. The van der Waals surface area contributed by atoms with Gasteiger partial charge in [-0.05, 0) is 19.1 Å². The maximum absolute atomic E-state index is 14.3. The molecule has 1 aliphatic rings. The van der Waals surface area contributed by atoms with Gasteiger partial charge < -0.3 is 4.74 Å². The smallest absolute Gasteiger partial charge is 0.132 e. The number of aromatic nitrogens is 4. The molecule has 0 bridgehead atoms. The molecule has 1 aromatic carbocycles. The van der Waals surface area contributed by atoms with Crippen molar-refractivity contribution in [3.63, 3.8) is 0 Å². The largest absolute Gasteiger partial charge is 0.369 e. The highest BCUT2D eigenvalue weighted by atomic mass is 19.1. The zero-order valence-electron chi connectivity index (χ0n) is 15.5. The van der Waals surface area contributed by atoms with Crippen molar-refractivity contribution in [1.82, 2.24) is 24.6 Å². The summed E-state index contributed by atoms with van der Waals surface area (Å²) in [5.41, 5.74) is 4.02. The zero-order chi connectivity index (χ0) is 18.8. The summed E-state index contributed by atoms with van der Waals surface area (Å²) in [5, 5.41) is 4.32. The molecule has 3 heterocycles. The Kier molecular flexibility index (Phi) is 4.96. The molecule has 0 aliphatic carbocycles. The number of benzene rings is 1. The Balaban J connectivity index is 1.59. The Morgan fingerprint density at radius 2 is 2.04 bits per heavy atom. The first-order chi connectivity index (χ1) is 13.1. The molecule has 0 N–H and O–H groups in total. The average molecular weight is 367 g/mol. The number of halogens is 1. The fourth-order valence-corrected chi connectivity index (χ4v) is 3.40. The maximum Gasteiger partial charge on any atom is 0.132 e. The van der Waals surface area contributed by atoms with E-state index in [1.165, 1.54) is 11.6 Å². The molecule has 27 heavy (non-hydrogen) atoms. The normalized spacial score (nSPS) is 18.0. The summed E-state index contributed by atoms with van der Waals surface area (Å²) in [6, 6.07) is 6.63. The van der Waals surface area contributed by atoms with E-state index in [4.69, 9.17) is 4.74 Å². The lowest BCUT2D eigenvalue weighted by atomic mass is 10.0. The fraction of sp³-hybridized carbons (Fsp3) is 0.350. The quantitative estimate of drug-likeness (QED) is 0.710. The van der Waals surface area contributed by atoms with Crippen LogP contribution >= 0.6 is 0 Å². The van der Waals surface area contributed by atoms with Gasteiger partial charge in [0, 0.05) is 55.9 Å². The maximum atomic E-state index is 14.3. The van der Waals surface area contributed by atoms with Crippen molar-refractivity contribution in [3.8, 4) is 11.3 Å². The SMILES string of the molecule is Cc1c(CN2CCOC(c3nccnc3-c3ccccc3F)C2)cnn1C. The van der Waals surface area contributed by atoms with Crippen LogP contribution in [0.5, 0.6) is 0 Å². The predicted molar refractivity (Wildman–Crippen MR) is 99.3 cm³/mol. The molecule has 0 radical (unpaired) electrons. The van der Waals surface area contributed by atoms with Crippen LogP contribution < -0.4 is 0 Å². The third-order valence-corrected chi connectivity index (χ3v) is 5.04. The lowest BCUT2D eigenvalue weighted by molar-refractivity contribution is -0.0349. The van der Waals surface area contributed by atoms with Crippen LogP contribution in [0, 0.1) is 12.7 Å². The highest BCUT2D eigenvalue weighted by Crippen LogP contribution is 2.30. The van der Waals surface area contributed by atoms with Crippen molar-refractivity contribution in [1.29, 1.82) is 0 Å². The van der Waals surface area contributed by atoms with Crippen LogP contribution in [0.15, 0.2) is 42.9 Å². The molecular weight excluding hydrogens is 345 g/mol. The van der Waals surface area contributed by atoms with Crippen molar-refractivity contribution in [2.45, 2.75) is 19.6 Å². The van der Waals surface area contributed by atoms with Gasteiger partial charge in [-0.3, -0.25) is 19.5 Å². The monoisotopic (exact) mass is 367 g/mol. The number of hydrogen-bond acceptors (Lipinski definition) is 5. The summed E-state index contributed by atoms with van der Waals surface area (Å²) in [6.07, 6.45) is 4.88. The van der Waals surface area contributed by atoms with Crippen LogP contribution in [-0.2, 0) is 18.3 Å². The van der Waals surface area contributed by atoms with E-state index in [0.717, 1.165) is 18.8 Å². The first-order valence-corrected chi connectivity index (χ1v) is 9.00. The first kappa shape index (κ1) is 17.8. The van der Waals surface area contributed by atoms with Crippen LogP contribution in [0.1, 0.15) is 23.1 Å². The summed E-state index contributed by atoms with van der Waals surface area (Å²) in [4.78, 5) is 11.2. The minimum absolute atomic E-state index is 0.251. The lowest BCUT2D eigenvalue weighted by Crippen LogP contribution is -2.38. The summed E-state index contributed by atoms with van der Waals surface area (Å²) in [7, 11) is 1.95. The van der Waals surface area contributed by atoms with E-state index in [0.29, 0.717) is 30.1 Å². The highest BCUT2D eigenvalue weighted by molar-refractivity contribution is 5.62. The molecule has 140 valence electrons. The molecule has 1 aliphatic heterocycles. The predicted octanol–water partition coefficient (Wildman–Crippen LogP) is 2.90. The number of morpholine rings is 1. The molecule has 4 rings (SSSR count). The topological polar surface area (TPSA) is 56.1 Å². The summed E-state index contributed by atoms with van der Waals surface area (Å²) in [5.74, 6) is -0.307. The summed E-state index contributed by atoms with van der Waals surface area (Å²) in [6.45, 7) is 4.97. The fourth-order valence-electron chi connectivity index (χ4n) is 3.40. The Bertz CT molecular complexity index is 942. The average Bonchev–Trinajstić information content (AvgIpc) is 3.01. The van der Waals surface area contributed by atoms with Gasteiger partial charge in [0.1, 0.15) is 11.9 Å². The van der Waals surface area contributed by atoms with Crippen LogP contribution in [-0.4, -0.2) is 44.3 Å². The third kappa shape index (κ3) is 3.61. The van der Waals surface area contributed by atoms with Crippen molar-refractivity contribution in [3.05, 3.63) is 65.6 Å². The standard InChI is InChI=1S/C20H22FN5O/c1-14-15(11-24-25(14)2)12-26-9-10-27-18(13-26)20-19(22-7-8-23-20)16-5-3-4-6-17(16)21/h3-8,11,18H,9-10,12-13H2,1-2H3. The Labute approximate surface area is 157 Å². The molecule has 3 aromatic rings. The van der Waals surface area contributed by atoms with Gasteiger partial charge >= 0.3 is 0 Å². The van der Waals surface area contributed by atoms with Crippen LogP contribution in [0.4, 0.5) is 4.39 Å². The number of aryl methyl sites for hydroxylation is 1. The van der Waals surface area contributed by atoms with E-state index in [2.05, 4.69) is 26.9 Å². The first-order valence-electron chi connectivity index (χ1n) is 9.00. The number of hydrogen-bond donors (Lipinski definition) is 0. The molecule has 6 nitrogen and oxygen atoms in total. The second kappa shape index (κ2) is 7.54. The van der Waals surface area contributed by atoms with E-state index >= 15 is 0 Å². The van der Waals surface area contributed by atoms with Gasteiger partial charge in [-0.25, -0.2) is 4.39 Å². The van der Waals surface area contributed by atoms with Gasteiger partial charge in [0.05, 0.1) is 24.2 Å². The number of ether oxygens (including phenoxy) is 1. The van der Waals surface area contributed by atoms with Gasteiger partial charge in [0.25, 0.3) is 0 Å². The van der Waals surface area contributed by atoms with Crippen LogP contribution in [0.3, 0.4) is 0 Å². The summed E-state index contributed by atoms with van der Waals surface area (Å²) < 4.78 is 22.2. The third-order valence-electron chi connectivity index (χ3n) is 5.04. The molecule has 1 unspecified atom stereocenters. The molecule has 0 spiro atoms. The van der Waals surface area contributed by atoms with Gasteiger partial charge in [0.2, 0.25) is 0 Å². The highest BCUT2D eigenvalue weighted by Gasteiger charge is 2.27. The van der Waals surface area contributed by atoms with E-state index in [-0.39, 0.29) is 11.9 Å². The molecular formula is C20H22FN5O. The molecule has 1 fully saturated rings. The Morgan fingerprint density at radius 3 is 2.81 bits per heavy atom. The number of rotatable bonds is 4. The van der Waals surface area contributed by atoms with Gasteiger partial charge in [-0.15, -0.1) is 0 Å². The van der Waals surface area contributed by atoms with Gasteiger partial charge in [-0.2, -0.15) is 5.10 Å². The molecule has 0 amide bonds. The molecule has 1 saturated heterocycles. The van der Waals surface area contributed by atoms with Gasteiger partial charge in [0.15, 0.2) is 0 Å². The minimum atomic E-state index is -0.307. The Hall–Kier alpha value is -2.64. The zero-order valence-corrected chi connectivity index (χ0v) is 15.5. The van der Waals surface area contributed by atoms with Crippen molar-refractivity contribution in [2.24, 2.45) is 7.05 Å². The second-order valence-corrected chi connectivity index (χ2v) is 6.74. The van der Waals surface area contributed by atoms with E-state index < -0.39 is 0 Å². The van der Waals surface area contributed by atoms with Crippen LogP contribution in [0.25, 0.3) is 11.3 Å². The molecule has 1 atom stereocenters. The number of nitrogens with zero attached hydrogens (tertiary/aromatic N) is 5. The van der Waals surface area contributed by atoms with Gasteiger partial charge in [-0.1, -0.05) is 12.1 Å². The van der Waals surface area contributed by atoms with E-state index in [1.807, 2.05) is 17.9 Å². The molecule has 0 saturated carbocycles. The molecule has 7 heteroatoms. The van der Waals surface area contributed by atoms with Crippen LogP contribution in [0.2, 0.25) is 0 Å². The Morgan fingerprint density at radius 1 is 1.22 bits per heavy atom. The van der Waals surface area contributed by atoms with Crippen molar-refractivity contribution >= 4 is 0 Å². The van der Waals surface area contributed by atoms with E-state index in [9.17, 15) is 4.39 Å². The lowest BCUT2D eigenvalue weighted by Gasteiger charge is -2.33.